The first kappa shape index (κ1) is 111. The Balaban J connectivity index is 1.18. The predicted molar refractivity (Wildman–Crippen MR) is 622 cm³/mol. The molecule has 2 aliphatic rings. The highest BCUT2D eigenvalue weighted by Crippen LogP contribution is 2.73. The molecule has 8 heteroatoms. The molecule has 0 radical (unpaired) electrons. The van der Waals surface area contributed by atoms with Gasteiger partial charge in [0.1, 0.15) is 12.6 Å². The molecule has 0 atom stereocenters. The van der Waals surface area contributed by atoms with Crippen LogP contribution in [0, 0.1) is 0 Å². The molecular weight excluding hydrogens is 1790 g/mol. The van der Waals surface area contributed by atoms with Crippen LogP contribution in [0.4, 0.5) is 0 Å². The third kappa shape index (κ3) is 31.8. The first-order valence-corrected chi connectivity index (χ1v) is 63.5. The molecule has 0 N–H and O–H groups in total. The molecule has 0 amide bonds. The van der Waals surface area contributed by atoms with Crippen LogP contribution in [0.1, 0.15) is 565 Å². The number of allylic oxidation sites excluding steroid dienone is 2. The first-order valence-electron chi connectivity index (χ1n) is 58.6. The lowest BCUT2D eigenvalue weighted by molar-refractivity contribution is -0.104. The fraction of sp³-hybridized carbons (Fsp3) is 0.631. The Hall–Kier alpha value is -5.32. The maximum Gasteiger partial charge on any atom is 0.142 e. The molecule has 0 fully saturated rings. The van der Waals surface area contributed by atoms with E-state index in [0.29, 0.717) is 0 Å². The molecule has 2 nitrogen and oxygen atoms in total. The molecule has 12 rings (SSSR count). The number of aldehydes is 2. The summed E-state index contributed by atoms with van der Waals surface area (Å²) in [4.78, 5) is 33.6. The van der Waals surface area contributed by atoms with Gasteiger partial charge in [0.2, 0.25) is 0 Å². The summed E-state index contributed by atoms with van der Waals surface area (Å²) in [5.41, 5.74) is 23.2. The minimum Gasteiger partial charge on any atom is -0.299 e. The standard InChI is InChI=1S/C130H188O2S6/c1-9-17-25-33-41-49-57-65-75-101-87-102(76-66-58-50-42-34-26-18-10-2)92-109(91-101)129(110-93-103(77-67-59-51-43-35-27-19-11-3)88-104(94-110)78-68-60-52-44-36-28-20-12-4)117-121-115(99-113(133-121)83-73-85-131)135-123(117)125-119(129)127-128(137-125)120-126(138-127)124-118(122-116(136-124)100-114(134-122)84-74-86-132)130(120,111-95-105(79-69-61-53-45-37-29-21-13-5)89-106(96-111)80-70-62-54-46-38-30-22-14-6)112-97-107(81-71-63-55-47-39-31-23-15-7)90-108(98-112)82-72-64-56-48-40-32-24-16-8/h73-74,83-100H,9-72,75-82H2,1-8H3/b83-73+,84-74+. The van der Waals surface area contributed by atoms with Crippen LogP contribution in [0.3, 0.4) is 0 Å². The summed E-state index contributed by atoms with van der Waals surface area (Å²) in [6, 6.07) is 38.7. The number of thiophene rings is 6. The Bertz CT molecular complexity index is 4550. The molecule has 0 spiro atoms. The molecule has 6 heterocycles. The van der Waals surface area contributed by atoms with Gasteiger partial charge in [-0.3, -0.25) is 9.59 Å². The average molecular weight is 1980 g/mol. The van der Waals surface area contributed by atoms with Gasteiger partial charge in [0.15, 0.2) is 0 Å². The molecule has 0 aliphatic heterocycles. The summed E-state index contributed by atoms with van der Waals surface area (Å²) in [5, 5.41) is 0. The van der Waals surface area contributed by atoms with Crippen molar-refractivity contribution in [3.05, 3.63) is 196 Å². The molecule has 10 aromatic rings. The van der Waals surface area contributed by atoms with E-state index < -0.39 is 10.8 Å². The zero-order valence-electron chi connectivity index (χ0n) is 88.7. The minimum absolute atomic E-state index is 0.678. The van der Waals surface area contributed by atoms with Crippen molar-refractivity contribution in [2.24, 2.45) is 0 Å². The highest BCUT2D eigenvalue weighted by atomic mass is 32.1. The maximum absolute atomic E-state index is 12.6. The predicted octanol–water partition coefficient (Wildman–Crippen LogP) is 44.1. The molecule has 0 unspecified atom stereocenters. The normalized spacial score (nSPS) is 13.2. The van der Waals surface area contributed by atoms with Crippen molar-refractivity contribution in [3.8, 4) is 19.5 Å². The van der Waals surface area contributed by atoms with Gasteiger partial charge in [0, 0.05) is 41.4 Å². The molecule has 0 bridgehead atoms. The van der Waals surface area contributed by atoms with Gasteiger partial charge in [-0.15, -0.1) is 68.0 Å². The first-order chi connectivity index (χ1) is 68.1. The van der Waals surface area contributed by atoms with Crippen LogP contribution in [0.25, 0.3) is 59.9 Å². The van der Waals surface area contributed by atoms with Crippen molar-refractivity contribution in [2.75, 3.05) is 0 Å². The fourth-order valence-corrected chi connectivity index (χ4v) is 32.4. The lowest BCUT2D eigenvalue weighted by atomic mass is 9.65. The van der Waals surface area contributed by atoms with Crippen LogP contribution in [0.5, 0.6) is 0 Å². The second kappa shape index (κ2) is 63.2. The molecule has 756 valence electrons. The number of aryl methyl sites for hydroxylation is 8. The van der Waals surface area contributed by atoms with E-state index in [1.165, 1.54) is 546 Å². The van der Waals surface area contributed by atoms with Crippen molar-refractivity contribution in [2.45, 2.75) is 529 Å². The summed E-state index contributed by atoms with van der Waals surface area (Å²) in [6.07, 6.45) is 103. The quantitative estimate of drug-likeness (QED) is 0.0216. The monoisotopic (exact) mass is 1970 g/mol. The zero-order chi connectivity index (χ0) is 96.5. The maximum atomic E-state index is 12.6. The second-order valence-corrected chi connectivity index (χ2v) is 49.3. The minimum atomic E-state index is -0.678. The number of rotatable bonds is 80. The lowest BCUT2D eigenvalue weighted by Crippen LogP contribution is -2.30. The van der Waals surface area contributed by atoms with Crippen molar-refractivity contribution in [3.63, 3.8) is 0 Å². The number of fused-ring (bicyclic) bond motifs is 13. The van der Waals surface area contributed by atoms with Crippen LogP contribution in [0.15, 0.2) is 97.1 Å². The highest BCUT2D eigenvalue weighted by Gasteiger charge is 2.57. The fourth-order valence-electron chi connectivity index (χ4n) is 23.7. The number of benzene rings is 4. The Labute approximate surface area is 867 Å². The van der Waals surface area contributed by atoms with Crippen LogP contribution >= 0.6 is 68.0 Å². The van der Waals surface area contributed by atoms with E-state index in [4.69, 9.17) is 0 Å². The number of hydrogen-bond donors (Lipinski definition) is 0. The molecule has 138 heavy (non-hydrogen) atoms. The third-order valence-corrected chi connectivity index (χ3v) is 39.0. The van der Waals surface area contributed by atoms with Crippen LogP contribution in [-0.4, -0.2) is 12.6 Å². The zero-order valence-corrected chi connectivity index (χ0v) is 93.6. The van der Waals surface area contributed by atoms with Gasteiger partial charge < -0.3 is 0 Å². The largest absolute Gasteiger partial charge is 0.299 e. The van der Waals surface area contributed by atoms with E-state index in [9.17, 15) is 9.59 Å². The summed E-state index contributed by atoms with van der Waals surface area (Å²) in [7, 11) is 0. The summed E-state index contributed by atoms with van der Waals surface area (Å²) < 4.78 is 8.61. The van der Waals surface area contributed by atoms with E-state index in [1.54, 1.807) is 23.3 Å². The number of unbranched alkanes of at least 4 members (excludes halogenated alkanes) is 56. The summed E-state index contributed by atoms with van der Waals surface area (Å²) in [5.74, 6) is 0. The summed E-state index contributed by atoms with van der Waals surface area (Å²) >= 11 is 12.5. The van der Waals surface area contributed by atoms with E-state index in [0.717, 1.165) is 63.9 Å². The van der Waals surface area contributed by atoms with Gasteiger partial charge in [-0.1, -0.05) is 488 Å². The summed E-state index contributed by atoms with van der Waals surface area (Å²) in [6.45, 7) is 18.9. The lowest BCUT2D eigenvalue weighted by Gasteiger charge is -2.35. The van der Waals surface area contributed by atoms with Crippen LogP contribution in [0.2, 0.25) is 0 Å². The molecule has 4 aromatic carbocycles. The number of carbonyl (C=O) groups is 2. The van der Waals surface area contributed by atoms with Crippen molar-refractivity contribution >= 4 is 121 Å². The number of hydrogen-bond acceptors (Lipinski definition) is 8. The van der Waals surface area contributed by atoms with Crippen molar-refractivity contribution < 1.29 is 9.59 Å². The van der Waals surface area contributed by atoms with Crippen molar-refractivity contribution in [1.29, 1.82) is 0 Å². The van der Waals surface area contributed by atoms with E-state index in [1.807, 2.05) is 22.7 Å². The van der Waals surface area contributed by atoms with Crippen LogP contribution in [-0.2, 0) is 71.8 Å². The molecular formula is C130H188O2S6. The molecule has 2 aliphatic carbocycles. The second-order valence-electron chi connectivity index (χ2n) is 43.0. The molecule has 6 aromatic heterocycles. The van der Waals surface area contributed by atoms with Gasteiger partial charge in [-0.25, -0.2) is 0 Å². The van der Waals surface area contributed by atoms with E-state index in [-0.39, 0.29) is 0 Å². The van der Waals surface area contributed by atoms with E-state index in [2.05, 4.69) is 198 Å². The Kier molecular flexibility index (Phi) is 51.0. The Morgan fingerprint density at radius 2 is 0.355 bits per heavy atom. The van der Waals surface area contributed by atoms with Crippen molar-refractivity contribution in [1.82, 2.24) is 0 Å². The van der Waals surface area contributed by atoms with Crippen LogP contribution < -0.4 is 0 Å². The number of carbonyl (C=O) groups excluding carboxylic acids is 2. The third-order valence-electron chi connectivity index (χ3n) is 31.4. The van der Waals surface area contributed by atoms with Gasteiger partial charge >= 0.3 is 0 Å². The molecule has 0 saturated carbocycles. The Morgan fingerprint density at radius 3 is 0.536 bits per heavy atom. The SMILES string of the molecule is CCCCCCCCCCc1cc(CCCCCCCCCC)cc(C2(c3cc(CCCCCCCCCC)cc(CCCCCCCCCC)c3)c3c(sc4cc(/C=C/C=O)sc34)-c3sc4c5c(sc4c32)-c2sc3cc(/C=C/C=O)sc3c2C5(c2cc(CCCCCCCCCC)cc(CCCCCCCCCC)c2)c2cc(CCCCCCCCCC)cc(CCCCCCCCCC)c2)c1. The smallest absolute Gasteiger partial charge is 0.142 e. The van der Waals surface area contributed by atoms with Gasteiger partial charge in [0.05, 0.1) is 49.1 Å². The highest BCUT2D eigenvalue weighted by molar-refractivity contribution is 7.37. The van der Waals surface area contributed by atoms with Gasteiger partial charge in [-0.05, 0) is 206 Å². The van der Waals surface area contributed by atoms with E-state index >= 15 is 0 Å². The average Bonchev–Trinajstić information content (AvgIpc) is 1.47. The Morgan fingerprint density at radius 1 is 0.188 bits per heavy atom. The molecule has 0 saturated heterocycles. The van der Waals surface area contributed by atoms with Gasteiger partial charge in [-0.2, -0.15) is 0 Å². The van der Waals surface area contributed by atoms with Gasteiger partial charge in [0.25, 0.3) is 0 Å². The topological polar surface area (TPSA) is 34.1 Å².